The number of benzene rings is 1. The fourth-order valence-corrected chi connectivity index (χ4v) is 3.35. The lowest BCUT2D eigenvalue weighted by Crippen LogP contribution is -2.32. The number of aliphatic hydroxyl groups excluding tert-OH is 1. The van der Waals surface area contributed by atoms with Crippen LogP contribution in [-0.4, -0.2) is 42.5 Å². The highest BCUT2D eigenvalue weighted by atomic mass is 16.5. The third-order valence-electron chi connectivity index (χ3n) is 4.67. The zero-order valence-corrected chi connectivity index (χ0v) is 16.7. The van der Waals surface area contributed by atoms with Crippen molar-refractivity contribution in [2.45, 2.75) is 46.1 Å². The first-order chi connectivity index (χ1) is 12.8. The minimum absolute atomic E-state index is 0.128. The van der Waals surface area contributed by atoms with E-state index >= 15 is 0 Å². The largest absolute Gasteiger partial charge is 0.503 e. The number of carbonyl (C=O) groups is 2. The summed E-state index contributed by atoms with van der Waals surface area (Å²) < 4.78 is 10.7. The van der Waals surface area contributed by atoms with Crippen molar-refractivity contribution in [1.82, 2.24) is 4.90 Å². The molecule has 1 aromatic rings. The first kappa shape index (κ1) is 20.8. The van der Waals surface area contributed by atoms with Crippen molar-refractivity contribution in [3.63, 3.8) is 0 Å². The SMILES string of the molecule is CCCCN1C(=O)C(O)=C(C(=O)CC(C)C)C1c1ccc(OC)c(OC)c1. The number of methoxy groups -OCH3 is 2. The van der Waals surface area contributed by atoms with E-state index in [2.05, 4.69) is 0 Å². The third kappa shape index (κ3) is 4.26. The van der Waals surface area contributed by atoms with Crippen LogP contribution in [0.3, 0.4) is 0 Å². The Morgan fingerprint density at radius 2 is 1.89 bits per heavy atom. The smallest absolute Gasteiger partial charge is 0.290 e. The average Bonchev–Trinajstić information content (AvgIpc) is 2.89. The van der Waals surface area contributed by atoms with Crippen molar-refractivity contribution in [2.24, 2.45) is 5.92 Å². The summed E-state index contributed by atoms with van der Waals surface area (Å²) in [6.45, 7) is 6.38. The van der Waals surface area contributed by atoms with E-state index in [1.165, 1.54) is 7.11 Å². The number of Topliss-reactive ketones (excluding diaryl/α,β-unsaturated/α-hetero) is 1. The molecule has 1 heterocycles. The molecule has 0 aliphatic carbocycles. The standard InChI is InChI=1S/C21H29NO5/c1-6-7-10-22-19(14-8-9-16(26-4)17(12-14)27-5)18(20(24)21(22)25)15(23)11-13(2)3/h8-9,12-13,19,24H,6-7,10-11H2,1-5H3. The maximum atomic E-state index is 12.8. The molecule has 148 valence electrons. The molecule has 1 aliphatic rings. The quantitative estimate of drug-likeness (QED) is 0.710. The lowest BCUT2D eigenvalue weighted by Gasteiger charge is -2.27. The van der Waals surface area contributed by atoms with Crippen LogP contribution in [0.1, 0.15) is 51.6 Å². The molecule has 1 aliphatic heterocycles. The highest BCUT2D eigenvalue weighted by Gasteiger charge is 2.43. The summed E-state index contributed by atoms with van der Waals surface area (Å²) in [5.74, 6) is 0.0824. The van der Waals surface area contributed by atoms with Gasteiger partial charge in [0.15, 0.2) is 23.0 Å². The van der Waals surface area contributed by atoms with Gasteiger partial charge < -0.3 is 19.5 Å². The van der Waals surface area contributed by atoms with Gasteiger partial charge in [-0.05, 0) is 30.0 Å². The Morgan fingerprint density at radius 3 is 2.44 bits per heavy atom. The van der Waals surface area contributed by atoms with Gasteiger partial charge in [-0.15, -0.1) is 0 Å². The second-order valence-corrected chi connectivity index (χ2v) is 7.15. The molecular formula is C21H29NO5. The molecule has 0 spiro atoms. The van der Waals surface area contributed by atoms with Crippen molar-refractivity contribution in [2.75, 3.05) is 20.8 Å². The van der Waals surface area contributed by atoms with Crippen LogP contribution in [0.5, 0.6) is 11.5 Å². The molecule has 1 unspecified atom stereocenters. The van der Waals surface area contributed by atoms with Crippen molar-refractivity contribution in [1.29, 1.82) is 0 Å². The van der Waals surface area contributed by atoms with Crippen molar-refractivity contribution in [3.8, 4) is 11.5 Å². The molecule has 1 N–H and O–H groups in total. The summed E-state index contributed by atoms with van der Waals surface area (Å²) in [5.41, 5.74) is 0.894. The van der Waals surface area contributed by atoms with Crippen LogP contribution in [0, 0.1) is 5.92 Å². The molecule has 0 aromatic heterocycles. The summed E-state index contributed by atoms with van der Waals surface area (Å²) >= 11 is 0. The van der Waals surface area contributed by atoms with Gasteiger partial charge in [-0.2, -0.15) is 0 Å². The maximum Gasteiger partial charge on any atom is 0.290 e. The summed E-state index contributed by atoms with van der Waals surface area (Å²) in [6.07, 6.45) is 1.96. The first-order valence-corrected chi connectivity index (χ1v) is 9.34. The Morgan fingerprint density at radius 1 is 1.22 bits per heavy atom. The summed E-state index contributed by atoms with van der Waals surface area (Å²) in [4.78, 5) is 27.1. The summed E-state index contributed by atoms with van der Waals surface area (Å²) in [5, 5.41) is 10.5. The Labute approximate surface area is 160 Å². The molecule has 0 radical (unpaired) electrons. The van der Waals surface area contributed by atoms with Crippen LogP contribution >= 0.6 is 0 Å². The topological polar surface area (TPSA) is 76.1 Å². The van der Waals surface area contributed by atoms with Gasteiger partial charge in [-0.1, -0.05) is 33.3 Å². The van der Waals surface area contributed by atoms with Crippen LogP contribution in [0.25, 0.3) is 0 Å². The number of ketones is 1. The second-order valence-electron chi connectivity index (χ2n) is 7.15. The molecule has 27 heavy (non-hydrogen) atoms. The molecule has 6 heteroatoms. The fraction of sp³-hybridized carbons (Fsp3) is 0.524. The Kier molecular flexibility index (Phi) is 6.88. The zero-order chi connectivity index (χ0) is 20.1. The van der Waals surface area contributed by atoms with Crippen molar-refractivity contribution >= 4 is 11.7 Å². The van der Waals surface area contributed by atoms with Gasteiger partial charge in [0, 0.05) is 13.0 Å². The van der Waals surface area contributed by atoms with E-state index in [9.17, 15) is 14.7 Å². The van der Waals surface area contributed by atoms with Crippen molar-refractivity contribution in [3.05, 3.63) is 35.1 Å². The molecule has 1 atom stereocenters. The molecule has 0 bridgehead atoms. The molecule has 1 aromatic carbocycles. The van der Waals surface area contributed by atoms with Crippen LogP contribution in [0.2, 0.25) is 0 Å². The van der Waals surface area contributed by atoms with E-state index in [1.807, 2.05) is 20.8 Å². The number of carbonyl (C=O) groups excluding carboxylic acids is 2. The van der Waals surface area contributed by atoms with E-state index in [0.717, 1.165) is 12.8 Å². The zero-order valence-electron chi connectivity index (χ0n) is 16.7. The first-order valence-electron chi connectivity index (χ1n) is 9.34. The van der Waals surface area contributed by atoms with E-state index in [1.54, 1.807) is 30.2 Å². The van der Waals surface area contributed by atoms with Crippen LogP contribution < -0.4 is 9.47 Å². The van der Waals surface area contributed by atoms with Gasteiger partial charge in [0.1, 0.15) is 0 Å². The average molecular weight is 375 g/mol. The monoisotopic (exact) mass is 375 g/mol. The minimum atomic E-state index is -0.616. The Balaban J connectivity index is 2.53. The highest BCUT2D eigenvalue weighted by molar-refractivity contribution is 6.09. The molecular weight excluding hydrogens is 346 g/mol. The van der Waals surface area contributed by atoms with E-state index in [-0.39, 0.29) is 23.7 Å². The number of hydrogen-bond donors (Lipinski definition) is 1. The fourth-order valence-electron chi connectivity index (χ4n) is 3.35. The highest BCUT2D eigenvalue weighted by Crippen LogP contribution is 2.41. The van der Waals surface area contributed by atoms with Gasteiger partial charge in [-0.25, -0.2) is 0 Å². The number of aliphatic hydroxyl groups is 1. The summed E-state index contributed by atoms with van der Waals surface area (Å²) in [6, 6.07) is 4.70. The molecule has 2 rings (SSSR count). The second kappa shape index (κ2) is 8.93. The molecule has 0 saturated carbocycles. The minimum Gasteiger partial charge on any atom is -0.503 e. The van der Waals surface area contributed by atoms with Crippen molar-refractivity contribution < 1.29 is 24.2 Å². The number of hydrogen-bond acceptors (Lipinski definition) is 5. The van der Waals surface area contributed by atoms with Crippen LogP contribution in [0.4, 0.5) is 0 Å². The Bertz CT molecular complexity index is 738. The maximum absolute atomic E-state index is 12.8. The van der Waals surface area contributed by atoms with Gasteiger partial charge >= 0.3 is 0 Å². The normalized spacial score (nSPS) is 17.0. The van der Waals surface area contributed by atoms with E-state index < -0.39 is 17.7 Å². The van der Waals surface area contributed by atoms with E-state index in [0.29, 0.717) is 23.6 Å². The summed E-state index contributed by atoms with van der Waals surface area (Å²) in [7, 11) is 3.09. The number of unbranched alkanes of at least 4 members (excludes halogenated alkanes) is 1. The Hall–Kier alpha value is -2.50. The van der Waals surface area contributed by atoms with Gasteiger partial charge in [-0.3, -0.25) is 9.59 Å². The molecule has 0 saturated heterocycles. The van der Waals surface area contributed by atoms with Gasteiger partial charge in [0.05, 0.1) is 25.8 Å². The lowest BCUT2D eigenvalue weighted by atomic mass is 9.92. The number of nitrogens with zero attached hydrogens (tertiary/aromatic N) is 1. The van der Waals surface area contributed by atoms with Crippen LogP contribution in [0.15, 0.2) is 29.5 Å². The lowest BCUT2D eigenvalue weighted by molar-refractivity contribution is -0.129. The van der Waals surface area contributed by atoms with Crippen LogP contribution in [-0.2, 0) is 9.59 Å². The number of ether oxygens (including phenoxy) is 2. The number of rotatable bonds is 9. The molecule has 6 nitrogen and oxygen atoms in total. The third-order valence-corrected chi connectivity index (χ3v) is 4.67. The van der Waals surface area contributed by atoms with Gasteiger partial charge in [0.2, 0.25) is 0 Å². The van der Waals surface area contributed by atoms with Gasteiger partial charge in [0.25, 0.3) is 5.91 Å². The predicted molar refractivity (Wildman–Crippen MR) is 103 cm³/mol. The molecule has 1 amide bonds. The number of amides is 1. The van der Waals surface area contributed by atoms with E-state index in [4.69, 9.17) is 9.47 Å². The molecule has 0 fully saturated rings. The predicted octanol–water partition coefficient (Wildman–Crippen LogP) is 3.81.